The maximum absolute atomic E-state index is 11.9. The van der Waals surface area contributed by atoms with Crippen molar-refractivity contribution in [1.82, 2.24) is 4.90 Å². The molecule has 1 aromatic rings. The van der Waals surface area contributed by atoms with E-state index in [9.17, 15) is 4.79 Å². The maximum atomic E-state index is 11.9. The third-order valence-corrected chi connectivity index (χ3v) is 3.50. The van der Waals surface area contributed by atoms with Crippen LogP contribution in [0.2, 0.25) is 0 Å². The predicted molar refractivity (Wildman–Crippen MR) is 68.2 cm³/mol. The number of terminal acetylenes is 1. The lowest BCUT2D eigenvalue weighted by molar-refractivity contribution is -0.129. The molecule has 0 aromatic heterocycles. The van der Waals surface area contributed by atoms with E-state index in [0.29, 0.717) is 13.0 Å². The second-order valence-electron chi connectivity index (χ2n) is 4.65. The minimum absolute atomic E-state index is 0.0777. The summed E-state index contributed by atoms with van der Waals surface area (Å²) in [5.74, 6) is 2.93. The lowest BCUT2D eigenvalue weighted by atomic mass is 10.0. The number of nitrogens with zero attached hydrogens (tertiary/aromatic N) is 1. The summed E-state index contributed by atoms with van der Waals surface area (Å²) in [6, 6.07) is 8.29. The molecule has 1 aliphatic heterocycles. The van der Waals surface area contributed by atoms with Gasteiger partial charge in [-0.25, -0.2) is 0 Å². The van der Waals surface area contributed by atoms with Gasteiger partial charge in [0.05, 0.1) is 6.04 Å². The molecule has 2 unspecified atom stereocenters. The molecular formula is C15H17NO. The highest BCUT2D eigenvalue weighted by Crippen LogP contribution is 2.29. The molecule has 1 aromatic carbocycles. The van der Waals surface area contributed by atoms with Crippen molar-refractivity contribution in [1.29, 1.82) is 0 Å². The third-order valence-electron chi connectivity index (χ3n) is 3.50. The van der Waals surface area contributed by atoms with Crippen molar-refractivity contribution in [2.24, 2.45) is 5.92 Å². The number of carbonyl (C=O) groups excluding carboxylic acids is 1. The van der Waals surface area contributed by atoms with Crippen LogP contribution in [-0.4, -0.2) is 17.4 Å². The van der Waals surface area contributed by atoms with E-state index in [1.54, 1.807) is 0 Å². The average Bonchev–Trinajstić information content (AvgIpc) is 2.70. The smallest absolute Gasteiger partial charge is 0.224 e. The Hall–Kier alpha value is -1.75. The van der Waals surface area contributed by atoms with Crippen molar-refractivity contribution in [2.75, 3.05) is 6.54 Å². The Morgan fingerprint density at radius 1 is 1.47 bits per heavy atom. The van der Waals surface area contributed by atoms with E-state index in [4.69, 9.17) is 6.42 Å². The lowest BCUT2D eigenvalue weighted by Gasteiger charge is -2.26. The molecule has 1 aliphatic rings. The molecule has 2 heteroatoms. The zero-order valence-corrected chi connectivity index (χ0v) is 10.3. The van der Waals surface area contributed by atoms with Crippen molar-refractivity contribution in [2.45, 2.75) is 26.3 Å². The van der Waals surface area contributed by atoms with Crippen LogP contribution < -0.4 is 0 Å². The minimum Gasteiger partial charge on any atom is -0.335 e. The first-order valence-corrected chi connectivity index (χ1v) is 5.94. The molecule has 1 fully saturated rings. The Balaban J connectivity index is 2.22. The molecule has 2 atom stereocenters. The standard InChI is InChI=1S/C15H17NO/c1-4-13-9-15(17)16(10-13)12(3)14-8-6-5-7-11(14)2/h1,5-8,12-13H,9-10H2,2-3H3. The fourth-order valence-electron chi connectivity index (χ4n) is 2.44. The number of amides is 1. The van der Waals surface area contributed by atoms with Crippen LogP contribution in [0, 0.1) is 25.2 Å². The number of carbonyl (C=O) groups is 1. The van der Waals surface area contributed by atoms with Crippen molar-refractivity contribution < 1.29 is 4.79 Å². The lowest BCUT2D eigenvalue weighted by Crippen LogP contribution is -2.28. The highest BCUT2D eigenvalue weighted by atomic mass is 16.2. The van der Waals surface area contributed by atoms with Crippen LogP contribution in [0.1, 0.15) is 30.5 Å². The summed E-state index contributed by atoms with van der Waals surface area (Å²) in [6.07, 6.45) is 5.89. The molecule has 0 spiro atoms. The Morgan fingerprint density at radius 3 is 2.76 bits per heavy atom. The molecule has 0 radical (unpaired) electrons. The van der Waals surface area contributed by atoms with E-state index >= 15 is 0 Å². The van der Waals surface area contributed by atoms with Gasteiger partial charge in [0.25, 0.3) is 0 Å². The minimum atomic E-state index is 0.0777. The molecule has 88 valence electrons. The molecule has 1 saturated heterocycles. The highest BCUT2D eigenvalue weighted by Gasteiger charge is 2.32. The Kier molecular flexibility index (Phi) is 3.19. The van der Waals surface area contributed by atoms with Crippen molar-refractivity contribution in [3.05, 3.63) is 35.4 Å². The number of rotatable bonds is 2. The second kappa shape index (κ2) is 4.63. The Morgan fingerprint density at radius 2 is 2.18 bits per heavy atom. The van der Waals surface area contributed by atoms with E-state index in [0.717, 1.165) is 0 Å². The Bertz CT molecular complexity index is 472. The fraction of sp³-hybridized carbons (Fsp3) is 0.400. The Labute approximate surface area is 103 Å². The van der Waals surface area contributed by atoms with Crippen molar-refractivity contribution >= 4 is 5.91 Å². The average molecular weight is 227 g/mol. The molecular weight excluding hydrogens is 210 g/mol. The van der Waals surface area contributed by atoms with Crippen LogP contribution in [0.5, 0.6) is 0 Å². The van der Waals surface area contributed by atoms with E-state index < -0.39 is 0 Å². The van der Waals surface area contributed by atoms with Gasteiger partial charge < -0.3 is 4.90 Å². The van der Waals surface area contributed by atoms with Crippen LogP contribution >= 0.6 is 0 Å². The molecule has 2 nitrogen and oxygen atoms in total. The maximum Gasteiger partial charge on any atom is 0.224 e. The van der Waals surface area contributed by atoms with E-state index in [2.05, 4.69) is 31.9 Å². The highest BCUT2D eigenvalue weighted by molar-refractivity contribution is 5.79. The first-order valence-electron chi connectivity index (χ1n) is 5.94. The summed E-state index contributed by atoms with van der Waals surface area (Å²) < 4.78 is 0. The summed E-state index contributed by atoms with van der Waals surface area (Å²) in [7, 11) is 0. The summed E-state index contributed by atoms with van der Waals surface area (Å²) in [5.41, 5.74) is 2.43. The monoisotopic (exact) mass is 227 g/mol. The van der Waals surface area contributed by atoms with E-state index in [1.165, 1.54) is 11.1 Å². The SMILES string of the molecule is C#CC1CC(=O)N(C(C)c2ccccc2C)C1. The van der Waals surface area contributed by atoms with Gasteiger partial charge in [-0.3, -0.25) is 4.79 Å². The van der Waals surface area contributed by atoms with Gasteiger partial charge in [0.15, 0.2) is 0 Å². The zero-order chi connectivity index (χ0) is 12.4. The quantitative estimate of drug-likeness (QED) is 0.711. The third kappa shape index (κ3) is 2.19. The number of likely N-dealkylation sites (tertiary alicyclic amines) is 1. The number of benzene rings is 1. The van der Waals surface area contributed by atoms with Crippen molar-refractivity contribution in [3.63, 3.8) is 0 Å². The number of hydrogen-bond donors (Lipinski definition) is 0. The molecule has 17 heavy (non-hydrogen) atoms. The molecule has 0 N–H and O–H groups in total. The van der Waals surface area contributed by atoms with Gasteiger partial charge in [-0.1, -0.05) is 24.3 Å². The van der Waals surface area contributed by atoms with Crippen LogP contribution in [0.15, 0.2) is 24.3 Å². The van der Waals surface area contributed by atoms with Gasteiger partial charge in [-0.15, -0.1) is 12.3 Å². The normalized spacial score (nSPS) is 21.4. The molecule has 2 rings (SSSR count). The molecule has 0 aliphatic carbocycles. The summed E-state index contributed by atoms with van der Waals surface area (Å²) >= 11 is 0. The molecule has 0 saturated carbocycles. The molecule has 1 heterocycles. The van der Waals surface area contributed by atoms with Gasteiger partial charge in [0.1, 0.15) is 0 Å². The molecule has 1 amide bonds. The van der Waals surface area contributed by atoms with Gasteiger partial charge in [-0.05, 0) is 25.0 Å². The van der Waals surface area contributed by atoms with Gasteiger partial charge in [-0.2, -0.15) is 0 Å². The van der Waals surface area contributed by atoms with E-state index in [-0.39, 0.29) is 17.9 Å². The van der Waals surface area contributed by atoms with Gasteiger partial charge >= 0.3 is 0 Å². The summed E-state index contributed by atoms with van der Waals surface area (Å²) in [6.45, 7) is 4.83. The fourth-order valence-corrected chi connectivity index (χ4v) is 2.44. The first kappa shape index (κ1) is 11.7. The predicted octanol–water partition coefficient (Wildman–Crippen LogP) is 2.54. The van der Waals surface area contributed by atoms with Crippen LogP contribution in [-0.2, 0) is 4.79 Å². The molecule has 0 bridgehead atoms. The first-order chi connectivity index (χ1) is 8.13. The zero-order valence-electron chi connectivity index (χ0n) is 10.3. The summed E-state index contributed by atoms with van der Waals surface area (Å²) in [5, 5.41) is 0. The van der Waals surface area contributed by atoms with Gasteiger partial charge in [0.2, 0.25) is 5.91 Å². The topological polar surface area (TPSA) is 20.3 Å². The van der Waals surface area contributed by atoms with E-state index in [1.807, 2.05) is 17.0 Å². The summed E-state index contributed by atoms with van der Waals surface area (Å²) in [4.78, 5) is 13.8. The van der Waals surface area contributed by atoms with Gasteiger partial charge in [0, 0.05) is 18.9 Å². The second-order valence-corrected chi connectivity index (χ2v) is 4.65. The number of hydrogen-bond acceptors (Lipinski definition) is 1. The number of aryl methyl sites for hydroxylation is 1. The van der Waals surface area contributed by atoms with Crippen LogP contribution in [0.4, 0.5) is 0 Å². The van der Waals surface area contributed by atoms with Crippen LogP contribution in [0.3, 0.4) is 0 Å². The van der Waals surface area contributed by atoms with Crippen LogP contribution in [0.25, 0.3) is 0 Å². The van der Waals surface area contributed by atoms with Crippen molar-refractivity contribution in [3.8, 4) is 12.3 Å². The largest absolute Gasteiger partial charge is 0.335 e.